The Morgan fingerprint density at radius 1 is 0.909 bits per heavy atom. The Hall–Kier alpha value is -2.36. The molecule has 0 heterocycles. The molecule has 22 heavy (non-hydrogen) atoms. The number of nitrogens with two attached hydrogens (primary N) is 2. The van der Waals surface area contributed by atoms with E-state index in [-0.39, 0.29) is 16.9 Å². The first kappa shape index (κ1) is 16.0. The third-order valence-electron chi connectivity index (χ3n) is 4.37. The van der Waals surface area contributed by atoms with Crippen LogP contribution in [-0.4, -0.2) is 10.2 Å². The van der Waals surface area contributed by atoms with Crippen LogP contribution in [0, 0.1) is 0 Å². The average Bonchev–Trinajstić information content (AvgIpc) is 2.50. The molecule has 0 aliphatic rings. The highest BCUT2D eigenvalue weighted by atomic mass is 16.3. The fourth-order valence-electron chi connectivity index (χ4n) is 2.76. The van der Waals surface area contributed by atoms with E-state index in [0.29, 0.717) is 11.4 Å². The Bertz CT molecular complexity index is 617. The molecular weight excluding hydrogens is 276 g/mol. The van der Waals surface area contributed by atoms with Crippen LogP contribution in [0.3, 0.4) is 0 Å². The van der Waals surface area contributed by atoms with E-state index >= 15 is 0 Å². The van der Waals surface area contributed by atoms with E-state index in [1.54, 1.807) is 24.3 Å². The van der Waals surface area contributed by atoms with Crippen LogP contribution in [-0.2, 0) is 5.41 Å². The zero-order valence-electron chi connectivity index (χ0n) is 13.1. The zero-order valence-corrected chi connectivity index (χ0v) is 13.1. The van der Waals surface area contributed by atoms with Crippen molar-refractivity contribution in [2.75, 3.05) is 11.5 Å². The van der Waals surface area contributed by atoms with Gasteiger partial charge in [-0.3, -0.25) is 0 Å². The minimum absolute atomic E-state index is 0.0832. The summed E-state index contributed by atoms with van der Waals surface area (Å²) in [6, 6.07) is 10.7. The van der Waals surface area contributed by atoms with Gasteiger partial charge in [-0.05, 0) is 41.8 Å². The first-order valence-electron chi connectivity index (χ1n) is 7.56. The Morgan fingerprint density at radius 2 is 1.36 bits per heavy atom. The van der Waals surface area contributed by atoms with Gasteiger partial charge in [-0.1, -0.05) is 38.8 Å². The largest absolute Gasteiger partial charge is 0.506 e. The Morgan fingerprint density at radius 3 is 1.73 bits per heavy atom. The van der Waals surface area contributed by atoms with Crippen molar-refractivity contribution >= 4 is 11.4 Å². The number of nitrogen functional groups attached to an aromatic ring is 2. The topological polar surface area (TPSA) is 92.5 Å². The molecule has 0 aromatic heterocycles. The Balaban J connectivity index is 2.55. The van der Waals surface area contributed by atoms with E-state index < -0.39 is 0 Å². The van der Waals surface area contributed by atoms with Gasteiger partial charge in [0.25, 0.3) is 0 Å². The zero-order chi connectivity index (χ0) is 16.3. The van der Waals surface area contributed by atoms with E-state index in [1.165, 1.54) is 0 Å². The molecule has 0 aliphatic carbocycles. The molecule has 0 atom stereocenters. The summed E-state index contributed by atoms with van der Waals surface area (Å²) in [5.41, 5.74) is 13.8. The maximum atomic E-state index is 9.94. The molecule has 4 nitrogen and oxygen atoms in total. The van der Waals surface area contributed by atoms with Gasteiger partial charge in [-0.15, -0.1) is 0 Å². The molecule has 118 valence electrons. The van der Waals surface area contributed by atoms with E-state index in [0.717, 1.165) is 30.4 Å². The summed E-state index contributed by atoms with van der Waals surface area (Å²) in [5, 5.41) is 19.9. The summed E-state index contributed by atoms with van der Waals surface area (Å²) >= 11 is 0. The monoisotopic (exact) mass is 300 g/mol. The highest BCUT2D eigenvalue weighted by molar-refractivity contribution is 5.58. The van der Waals surface area contributed by atoms with Gasteiger partial charge >= 0.3 is 0 Å². The van der Waals surface area contributed by atoms with Crippen molar-refractivity contribution in [2.45, 2.75) is 38.5 Å². The molecule has 2 rings (SSSR count). The van der Waals surface area contributed by atoms with Gasteiger partial charge in [0, 0.05) is 5.41 Å². The SMILES string of the molecule is CCCCC(C)(c1ccc(N)c(O)c1)c1ccc(N)c(O)c1. The van der Waals surface area contributed by atoms with Crippen molar-refractivity contribution in [3.63, 3.8) is 0 Å². The average molecular weight is 300 g/mol. The third-order valence-corrected chi connectivity index (χ3v) is 4.37. The molecule has 0 saturated carbocycles. The molecule has 2 aromatic carbocycles. The number of phenols is 2. The van der Waals surface area contributed by atoms with Gasteiger partial charge in [-0.25, -0.2) is 0 Å². The molecule has 0 bridgehead atoms. The summed E-state index contributed by atoms with van der Waals surface area (Å²) in [5.74, 6) is 0.166. The van der Waals surface area contributed by atoms with E-state index in [2.05, 4.69) is 13.8 Å². The van der Waals surface area contributed by atoms with Crippen molar-refractivity contribution < 1.29 is 10.2 Å². The molecule has 0 spiro atoms. The smallest absolute Gasteiger partial charge is 0.138 e. The number of aromatic hydroxyl groups is 2. The van der Waals surface area contributed by atoms with Crippen LogP contribution in [0.1, 0.15) is 44.2 Å². The number of hydrogen-bond acceptors (Lipinski definition) is 4. The van der Waals surface area contributed by atoms with Gasteiger partial charge < -0.3 is 21.7 Å². The lowest BCUT2D eigenvalue weighted by Gasteiger charge is -2.31. The molecule has 2 aromatic rings. The molecule has 0 radical (unpaired) electrons. The fraction of sp³-hybridized carbons (Fsp3) is 0.333. The minimum Gasteiger partial charge on any atom is -0.506 e. The van der Waals surface area contributed by atoms with Crippen LogP contribution >= 0.6 is 0 Å². The number of benzene rings is 2. The molecule has 0 unspecified atom stereocenters. The number of hydrogen-bond donors (Lipinski definition) is 4. The summed E-state index contributed by atoms with van der Waals surface area (Å²) in [6.07, 6.45) is 3.00. The first-order chi connectivity index (χ1) is 10.4. The summed E-state index contributed by atoms with van der Waals surface area (Å²) in [6.45, 7) is 4.25. The molecule has 0 amide bonds. The quantitative estimate of drug-likeness (QED) is 0.499. The molecule has 0 fully saturated rings. The van der Waals surface area contributed by atoms with Crippen molar-refractivity contribution in [3.05, 3.63) is 47.5 Å². The van der Waals surface area contributed by atoms with Crippen LogP contribution in [0.25, 0.3) is 0 Å². The molecule has 0 aliphatic heterocycles. The maximum Gasteiger partial charge on any atom is 0.138 e. The van der Waals surface area contributed by atoms with E-state index in [1.807, 2.05) is 12.1 Å². The molecule has 6 N–H and O–H groups in total. The minimum atomic E-state index is -0.327. The highest BCUT2D eigenvalue weighted by Crippen LogP contribution is 2.41. The number of anilines is 2. The summed E-state index contributed by atoms with van der Waals surface area (Å²) < 4.78 is 0. The van der Waals surface area contributed by atoms with Crippen LogP contribution in [0.5, 0.6) is 11.5 Å². The number of unbranched alkanes of at least 4 members (excludes halogenated alkanes) is 1. The van der Waals surface area contributed by atoms with Gasteiger partial charge in [0.05, 0.1) is 11.4 Å². The van der Waals surface area contributed by atoms with Crippen LogP contribution < -0.4 is 11.5 Å². The van der Waals surface area contributed by atoms with Gasteiger partial charge in [0.2, 0.25) is 0 Å². The second kappa shape index (κ2) is 6.18. The van der Waals surface area contributed by atoms with Crippen molar-refractivity contribution in [1.82, 2.24) is 0 Å². The normalized spacial score (nSPS) is 11.5. The number of phenolic OH excluding ortho intramolecular Hbond substituents is 2. The fourth-order valence-corrected chi connectivity index (χ4v) is 2.76. The standard InChI is InChI=1S/C18H24N2O2/c1-3-4-9-18(2,12-5-7-14(19)16(21)10-12)13-6-8-15(20)17(22)11-13/h5-8,10-11,21-22H,3-4,9,19-20H2,1-2H3. The third kappa shape index (κ3) is 2.96. The summed E-state index contributed by atoms with van der Waals surface area (Å²) in [7, 11) is 0. The van der Waals surface area contributed by atoms with Crippen molar-refractivity contribution in [3.8, 4) is 11.5 Å². The lowest BCUT2D eigenvalue weighted by atomic mass is 9.72. The Labute approximate surface area is 131 Å². The predicted octanol–water partition coefficient (Wildman–Crippen LogP) is 3.76. The van der Waals surface area contributed by atoms with Gasteiger partial charge in [0.1, 0.15) is 11.5 Å². The second-order valence-electron chi connectivity index (χ2n) is 5.98. The van der Waals surface area contributed by atoms with E-state index in [9.17, 15) is 10.2 Å². The molecule has 4 heteroatoms. The second-order valence-corrected chi connectivity index (χ2v) is 5.98. The van der Waals surface area contributed by atoms with Crippen LogP contribution in [0.15, 0.2) is 36.4 Å². The highest BCUT2D eigenvalue weighted by Gasteiger charge is 2.29. The van der Waals surface area contributed by atoms with Crippen LogP contribution in [0.4, 0.5) is 11.4 Å². The number of rotatable bonds is 5. The predicted molar refractivity (Wildman–Crippen MR) is 91.0 cm³/mol. The van der Waals surface area contributed by atoms with E-state index in [4.69, 9.17) is 11.5 Å². The molecule has 0 saturated heterocycles. The lowest BCUT2D eigenvalue weighted by molar-refractivity contribution is 0.458. The van der Waals surface area contributed by atoms with Crippen molar-refractivity contribution in [2.24, 2.45) is 0 Å². The lowest BCUT2D eigenvalue weighted by Crippen LogP contribution is -2.23. The Kier molecular flexibility index (Phi) is 4.50. The van der Waals surface area contributed by atoms with Crippen LogP contribution in [0.2, 0.25) is 0 Å². The van der Waals surface area contributed by atoms with Gasteiger partial charge in [-0.2, -0.15) is 0 Å². The van der Waals surface area contributed by atoms with Crippen molar-refractivity contribution in [1.29, 1.82) is 0 Å². The first-order valence-corrected chi connectivity index (χ1v) is 7.56. The summed E-state index contributed by atoms with van der Waals surface area (Å²) in [4.78, 5) is 0. The molecular formula is C18H24N2O2. The maximum absolute atomic E-state index is 9.94. The van der Waals surface area contributed by atoms with Gasteiger partial charge in [0.15, 0.2) is 0 Å².